The molecule has 6 rings (SSSR count). The second-order valence-electron chi connectivity index (χ2n) is 11.3. The zero-order chi connectivity index (χ0) is 31.2. The second kappa shape index (κ2) is 11.6. The molecule has 0 radical (unpaired) electrons. The van der Waals surface area contributed by atoms with Crippen LogP contribution < -0.4 is 20.3 Å². The third kappa shape index (κ3) is 6.34. The number of anilines is 3. The summed E-state index contributed by atoms with van der Waals surface area (Å²) in [6.45, 7) is 0.494. The van der Waals surface area contributed by atoms with E-state index in [1.807, 2.05) is 0 Å². The maximum atomic E-state index is 15.5. The van der Waals surface area contributed by atoms with Gasteiger partial charge in [-0.1, -0.05) is 30.3 Å². The van der Waals surface area contributed by atoms with E-state index >= 15 is 13.2 Å². The molecular formula is C29H28F6N6O2S. The van der Waals surface area contributed by atoms with Gasteiger partial charge in [0.25, 0.3) is 5.92 Å². The van der Waals surface area contributed by atoms with E-state index in [1.54, 1.807) is 22.9 Å². The number of piperidine rings is 1. The summed E-state index contributed by atoms with van der Waals surface area (Å²) in [5.74, 6) is -7.71. The van der Waals surface area contributed by atoms with Crippen LogP contribution in [0.25, 0.3) is 11.6 Å². The van der Waals surface area contributed by atoms with E-state index in [-0.39, 0.29) is 42.9 Å². The van der Waals surface area contributed by atoms with Crippen LogP contribution in [0.5, 0.6) is 0 Å². The van der Waals surface area contributed by atoms with Crippen molar-refractivity contribution in [3.63, 3.8) is 0 Å². The smallest absolute Gasteiger partial charge is 0.252 e. The summed E-state index contributed by atoms with van der Waals surface area (Å²) in [7, 11) is -4.31. The van der Waals surface area contributed by atoms with Crippen molar-refractivity contribution in [2.75, 3.05) is 34.6 Å². The molecule has 1 saturated carbocycles. The number of hydrogen-bond acceptors (Lipinski definition) is 7. The van der Waals surface area contributed by atoms with Gasteiger partial charge in [0, 0.05) is 68.3 Å². The molecule has 8 nitrogen and oxygen atoms in total. The lowest BCUT2D eigenvalue weighted by Gasteiger charge is -2.45. The molecule has 2 fully saturated rings. The SMILES string of the molecule is O=S(=O)(Cc1ccccc1)Nc1c(F)cc(C2=Cc3cnc(N[C@@H]4CNC[C@@H](F)C4)nc3N(C3CC(F)(F)C3)C2)c(F)c1F. The number of sulfonamides is 1. The summed E-state index contributed by atoms with van der Waals surface area (Å²) >= 11 is 0. The Kier molecular flexibility index (Phi) is 7.94. The molecule has 1 saturated heterocycles. The van der Waals surface area contributed by atoms with Gasteiger partial charge in [-0.25, -0.2) is 39.7 Å². The molecule has 1 aliphatic carbocycles. The van der Waals surface area contributed by atoms with Crippen molar-refractivity contribution in [2.24, 2.45) is 0 Å². The molecule has 15 heteroatoms. The van der Waals surface area contributed by atoms with Crippen LogP contribution in [0.15, 0.2) is 42.6 Å². The average molecular weight is 639 g/mol. The van der Waals surface area contributed by atoms with Crippen molar-refractivity contribution in [3.05, 3.63) is 76.7 Å². The molecule has 3 aliphatic rings. The minimum absolute atomic E-state index is 0.0581. The number of hydrogen-bond donors (Lipinski definition) is 3. The van der Waals surface area contributed by atoms with E-state index in [1.165, 1.54) is 29.3 Å². The number of nitrogens with zero attached hydrogens (tertiary/aromatic N) is 3. The zero-order valence-corrected chi connectivity index (χ0v) is 24.0. The predicted octanol–water partition coefficient (Wildman–Crippen LogP) is 5.11. The van der Waals surface area contributed by atoms with Crippen LogP contribution in [0.3, 0.4) is 0 Å². The van der Waals surface area contributed by atoms with Gasteiger partial charge in [0.1, 0.15) is 17.7 Å². The van der Waals surface area contributed by atoms with E-state index in [2.05, 4.69) is 20.6 Å². The number of alkyl halides is 3. The van der Waals surface area contributed by atoms with E-state index in [9.17, 15) is 21.6 Å². The summed E-state index contributed by atoms with van der Waals surface area (Å²) in [4.78, 5) is 10.2. The minimum Gasteiger partial charge on any atom is -0.350 e. The Morgan fingerprint density at radius 1 is 1.07 bits per heavy atom. The number of fused-ring (bicyclic) bond motifs is 1. The Labute approximate surface area is 249 Å². The number of halogens is 6. The summed E-state index contributed by atoms with van der Waals surface area (Å²) in [6.07, 6.45) is 0.937. The summed E-state index contributed by atoms with van der Waals surface area (Å²) in [5.41, 5.74) is -0.959. The maximum Gasteiger partial charge on any atom is 0.252 e. The number of aromatic nitrogens is 2. The van der Waals surface area contributed by atoms with Gasteiger partial charge in [0.2, 0.25) is 16.0 Å². The average Bonchev–Trinajstić information content (AvgIpc) is 2.96. The first kappa shape index (κ1) is 30.2. The van der Waals surface area contributed by atoms with Gasteiger partial charge in [0.05, 0.1) is 5.75 Å². The Morgan fingerprint density at radius 2 is 1.82 bits per heavy atom. The van der Waals surface area contributed by atoms with Gasteiger partial charge in [-0.05, 0) is 23.3 Å². The van der Waals surface area contributed by atoms with Crippen LogP contribution in [0.2, 0.25) is 0 Å². The van der Waals surface area contributed by atoms with Crippen LogP contribution in [0, 0.1) is 17.5 Å². The Hall–Kier alpha value is -3.85. The Bertz CT molecular complexity index is 1700. The van der Waals surface area contributed by atoms with Crippen molar-refractivity contribution in [1.29, 1.82) is 0 Å². The fraction of sp³-hybridized carbons (Fsp3) is 0.379. The van der Waals surface area contributed by atoms with Crippen LogP contribution in [0.4, 0.5) is 43.8 Å². The number of nitrogens with one attached hydrogen (secondary N) is 3. The molecule has 2 aromatic carbocycles. The van der Waals surface area contributed by atoms with Gasteiger partial charge in [-0.3, -0.25) is 4.72 Å². The van der Waals surface area contributed by atoms with Gasteiger partial charge >= 0.3 is 0 Å². The van der Waals surface area contributed by atoms with E-state index in [0.29, 0.717) is 23.7 Å². The third-order valence-electron chi connectivity index (χ3n) is 7.84. The number of rotatable bonds is 8. The lowest BCUT2D eigenvalue weighted by molar-refractivity contribution is -0.0855. The topological polar surface area (TPSA) is 99.2 Å². The normalized spacial score (nSPS) is 21.7. The molecule has 0 spiro atoms. The highest BCUT2D eigenvalue weighted by molar-refractivity contribution is 7.91. The molecule has 0 bridgehead atoms. The highest BCUT2D eigenvalue weighted by Gasteiger charge is 2.49. The lowest BCUT2D eigenvalue weighted by atomic mass is 9.85. The highest BCUT2D eigenvalue weighted by Crippen LogP contribution is 2.45. The molecule has 3 N–H and O–H groups in total. The van der Waals surface area contributed by atoms with Crippen molar-refractivity contribution in [3.8, 4) is 0 Å². The Morgan fingerprint density at radius 3 is 2.52 bits per heavy atom. The molecule has 0 unspecified atom stereocenters. The number of benzene rings is 2. The quantitative estimate of drug-likeness (QED) is 0.233. The summed E-state index contributed by atoms with van der Waals surface area (Å²) < 4.78 is 115. The lowest BCUT2D eigenvalue weighted by Crippen LogP contribution is -2.52. The van der Waals surface area contributed by atoms with Crippen molar-refractivity contribution >= 4 is 39.1 Å². The van der Waals surface area contributed by atoms with Gasteiger partial charge in [-0.2, -0.15) is 4.98 Å². The van der Waals surface area contributed by atoms with Crippen LogP contribution in [-0.2, 0) is 15.8 Å². The zero-order valence-electron chi connectivity index (χ0n) is 23.1. The first-order valence-corrected chi connectivity index (χ1v) is 15.6. The molecule has 2 atom stereocenters. The first-order valence-electron chi connectivity index (χ1n) is 13.9. The van der Waals surface area contributed by atoms with Crippen molar-refractivity contribution in [1.82, 2.24) is 15.3 Å². The second-order valence-corrected chi connectivity index (χ2v) is 13.0. The molecule has 234 valence electrons. The van der Waals surface area contributed by atoms with Gasteiger partial charge in [0.15, 0.2) is 17.5 Å². The van der Waals surface area contributed by atoms with Crippen LogP contribution in [-0.4, -0.2) is 62.2 Å². The third-order valence-corrected chi connectivity index (χ3v) is 9.07. The molecule has 3 aromatic rings. The highest BCUT2D eigenvalue weighted by atomic mass is 32.2. The summed E-state index contributed by atoms with van der Waals surface area (Å²) in [5, 5.41) is 6.00. The fourth-order valence-electron chi connectivity index (χ4n) is 5.68. The Balaban J connectivity index is 1.31. The molecule has 3 heterocycles. The van der Waals surface area contributed by atoms with Gasteiger partial charge in [-0.15, -0.1) is 0 Å². The molecule has 44 heavy (non-hydrogen) atoms. The van der Waals surface area contributed by atoms with Crippen LogP contribution in [0.1, 0.15) is 36.0 Å². The van der Waals surface area contributed by atoms with Crippen molar-refractivity contribution in [2.45, 2.75) is 49.2 Å². The molecule has 0 amide bonds. The molecule has 2 aliphatic heterocycles. The van der Waals surface area contributed by atoms with E-state index in [0.717, 1.165) is 0 Å². The predicted molar refractivity (Wildman–Crippen MR) is 154 cm³/mol. The van der Waals surface area contributed by atoms with Crippen molar-refractivity contribution < 1.29 is 34.8 Å². The minimum atomic E-state index is -4.31. The first-order chi connectivity index (χ1) is 20.9. The van der Waals surface area contributed by atoms with Crippen LogP contribution >= 0.6 is 0 Å². The summed E-state index contributed by atoms with van der Waals surface area (Å²) in [6, 6.07) is 7.56. The monoisotopic (exact) mass is 638 g/mol. The largest absolute Gasteiger partial charge is 0.350 e. The maximum absolute atomic E-state index is 15.5. The fourth-order valence-corrected chi connectivity index (χ4v) is 6.88. The van der Waals surface area contributed by atoms with E-state index in [4.69, 9.17) is 0 Å². The molecule has 1 aromatic heterocycles. The standard InChI is InChI=1S/C29H28F6N6O2S/c30-19-7-20(13-36-12-19)38-28-37-11-17-6-18(14-41(27(17)39-28)21-9-29(34,35)10-21)22-8-23(31)26(25(33)24(22)32)40-44(42,43)15-16-4-2-1-3-5-16/h1-6,8,11,19-21,36,40H,7,9-10,12-15H2,(H,37,38,39)/t19-,20-/m0/s1. The molecular weight excluding hydrogens is 610 g/mol. The van der Waals surface area contributed by atoms with Gasteiger partial charge < -0.3 is 15.5 Å². The van der Waals surface area contributed by atoms with E-state index < -0.39 is 75.5 Å².